The van der Waals surface area contributed by atoms with E-state index in [4.69, 9.17) is 4.74 Å². The van der Waals surface area contributed by atoms with Gasteiger partial charge in [0.15, 0.2) is 5.01 Å². The largest absolute Gasteiger partial charge is 0.495 e. The van der Waals surface area contributed by atoms with Crippen molar-refractivity contribution < 1.29 is 21.9 Å². The van der Waals surface area contributed by atoms with Crippen molar-refractivity contribution in [2.45, 2.75) is 23.7 Å². The monoisotopic (exact) mass is 451 g/mol. The van der Waals surface area contributed by atoms with Crippen LogP contribution in [0, 0.1) is 11.6 Å². The minimum Gasteiger partial charge on any atom is -0.495 e. The molecule has 6 nitrogen and oxygen atoms in total. The molecule has 3 aromatic rings. The van der Waals surface area contributed by atoms with Gasteiger partial charge in [0, 0.05) is 24.6 Å². The number of nitrogens with zero attached hydrogens (tertiary/aromatic N) is 3. The molecule has 2 aromatic carbocycles. The molecule has 4 rings (SSSR count). The van der Waals surface area contributed by atoms with Gasteiger partial charge in [0.25, 0.3) is 0 Å². The number of benzene rings is 2. The Morgan fingerprint density at radius 3 is 2.73 bits per heavy atom. The lowest BCUT2D eigenvalue weighted by atomic mass is 10.0. The molecule has 1 aliphatic rings. The van der Waals surface area contributed by atoms with Gasteiger partial charge in [-0.05, 0) is 43.2 Å². The van der Waals surface area contributed by atoms with E-state index >= 15 is 0 Å². The van der Waals surface area contributed by atoms with Gasteiger partial charge in [-0.1, -0.05) is 23.5 Å². The van der Waals surface area contributed by atoms with Crippen LogP contribution in [-0.4, -0.2) is 43.1 Å². The van der Waals surface area contributed by atoms with Gasteiger partial charge in [-0.3, -0.25) is 0 Å². The molecule has 1 aromatic heterocycles. The molecule has 158 valence electrons. The molecule has 1 fully saturated rings. The smallest absolute Gasteiger partial charge is 0.246 e. The van der Waals surface area contributed by atoms with E-state index in [2.05, 4.69) is 10.2 Å². The first kappa shape index (κ1) is 20.8. The summed E-state index contributed by atoms with van der Waals surface area (Å²) in [4.78, 5) is -0.199. The van der Waals surface area contributed by atoms with E-state index in [0.29, 0.717) is 28.5 Å². The van der Waals surface area contributed by atoms with E-state index in [9.17, 15) is 17.2 Å². The van der Waals surface area contributed by atoms with Crippen LogP contribution in [0.4, 0.5) is 8.78 Å². The molecule has 30 heavy (non-hydrogen) atoms. The second-order valence-corrected chi connectivity index (χ2v) is 9.84. The van der Waals surface area contributed by atoms with Gasteiger partial charge in [-0.15, -0.1) is 10.2 Å². The summed E-state index contributed by atoms with van der Waals surface area (Å²) in [5, 5.41) is 9.39. The Hall–Kier alpha value is -2.43. The highest BCUT2D eigenvalue weighted by atomic mass is 32.2. The molecule has 10 heteroatoms. The molecular formula is C20H19F2N3O3S2. The molecule has 2 heterocycles. The molecule has 1 unspecified atom stereocenters. The fourth-order valence-electron chi connectivity index (χ4n) is 3.50. The summed E-state index contributed by atoms with van der Waals surface area (Å²) in [6.07, 6.45) is 1.36. The first-order chi connectivity index (χ1) is 14.4. The number of ether oxygens (including phenoxy) is 1. The summed E-state index contributed by atoms with van der Waals surface area (Å²) in [5.41, 5.74) is 0.367. The van der Waals surface area contributed by atoms with Crippen LogP contribution in [0.25, 0.3) is 10.6 Å². The first-order valence-electron chi connectivity index (χ1n) is 9.32. The van der Waals surface area contributed by atoms with Crippen LogP contribution in [0.1, 0.15) is 23.8 Å². The second-order valence-electron chi connectivity index (χ2n) is 6.92. The minimum absolute atomic E-state index is 0.0938. The molecular weight excluding hydrogens is 432 g/mol. The topological polar surface area (TPSA) is 72.4 Å². The van der Waals surface area contributed by atoms with Crippen LogP contribution < -0.4 is 4.74 Å². The molecule has 0 aliphatic carbocycles. The lowest BCUT2D eigenvalue weighted by Gasteiger charge is -2.31. The summed E-state index contributed by atoms with van der Waals surface area (Å²) in [6.45, 7) is 0.505. The van der Waals surface area contributed by atoms with Crippen LogP contribution in [0.3, 0.4) is 0 Å². The first-order valence-corrected chi connectivity index (χ1v) is 11.6. The lowest BCUT2D eigenvalue weighted by Crippen LogP contribution is -2.39. The quantitative estimate of drug-likeness (QED) is 0.585. The molecule has 0 spiro atoms. The Bertz CT molecular complexity index is 1170. The van der Waals surface area contributed by atoms with Crippen LogP contribution >= 0.6 is 11.3 Å². The molecule has 0 saturated carbocycles. The summed E-state index contributed by atoms with van der Waals surface area (Å²) in [7, 11) is -2.61. The second kappa shape index (κ2) is 8.37. The summed E-state index contributed by atoms with van der Waals surface area (Å²) >= 11 is 1.26. The number of methoxy groups -OCH3 is 1. The van der Waals surface area contributed by atoms with Gasteiger partial charge in [-0.2, -0.15) is 4.31 Å². The van der Waals surface area contributed by atoms with Crippen molar-refractivity contribution in [2.75, 3.05) is 20.2 Å². The fraction of sp³-hybridized carbons (Fsp3) is 0.300. The lowest BCUT2D eigenvalue weighted by molar-refractivity contribution is 0.312. The number of sulfonamides is 1. The normalized spacial score (nSPS) is 17.8. The predicted octanol–water partition coefficient (Wildman–Crippen LogP) is 4.06. The number of hydrogen-bond donors (Lipinski definition) is 0. The fourth-order valence-corrected chi connectivity index (χ4v) is 6.18. The van der Waals surface area contributed by atoms with Gasteiger partial charge in [0.2, 0.25) is 10.0 Å². The van der Waals surface area contributed by atoms with Crippen LogP contribution in [-0.2, 0) is 10.0 Å². The zero-order valence-electron chi connectivity index (χ0n) is 16.1. The van der Waals surface area contributed by atoms with Crippen molar-refractivity contribution in [1.82, 2.24) is 14.5 Å². The van der Waals surface area contributed by atoms with Crippen LogP contribution in [0.15, 0.2) is 47.4 Å². The van der Waals surface area contributed by atoms with E-state index in [-0.39, 0.29) is 28.9 Å². The third-order valence-electron chi connectivity index (χ3n) is 5.02. The van der Waals surface area contributed by atoms with Gasteiger partial charge in [0.05, 0.1) is 7.11 Å². The summed E-state index contributed by atoms with van der Waals surface area (Å²) in [5.74, 6) is -1.12. The zero-order valence-corrected chi connectivity index (χ0v) is 17.7. The standard InChI is InChI=1S/C20H19F2N3O3S2/c1-28-17-9-8-14(21)11-18(17)30(26,27)25-10-4-5-13(12-25)19-23-24-20(29-19)15-6-2-3-7-16(15)22/h2-3,6-9,11,13H,4-5,10,12H2,1H3. The molecule has 1 atom stereocenters. The minimum atomic E-state index is -3.96. The van der Waals surface area contributed by atoms with Crippen molar-refractivity contribution in [3.63, 3.8) is 0 Å². The Balaban J connectivity index is 1.60. The third kappa shape index (κ3) is 3.94. The Kier molecular flexibility index (Phi) is 5.81. The van der Waals surface area contributed by atoms with E-state index in [0.717, 1.165) is 18.6 Å². The third-order valence-corrected chi connectivity index (χ3v) is 8.03. The predicted molar refractivity (Wildman–Crippen MR) is 109 cm³/mol. The molecule has 0 bridgehead atoms. The van der Waals surface area contributed by atoms with E-state index in [1.165, 1.54) is 34.9 Å². The van der Waals surface area contributed by atoms with Crippen LogP contribution in [0.5, 0.6) is 5.75 Å². The number of rotatable bonds is 5. The van der Waals surface area contributed by atoms with Crippen molar-refractivity contribution >= 4 is 21.4 Å². The highest BCUT2D eigenvalue weighted by Gasteiger charge is 2.34. The highest BCUT2D eigenvalue weighted by molar-refractivity contribution is 7.89. The maximum absolute atomic E-state index is 14.0. The number of piperidine rings is 1. The van der Waals surface area contributed by atoms with Gasteiger partial charge in [0.1, 0.15) is 27.3 Å². The number of halogens is 2. The Labute approximate surface area is 177 Å². The molecule has 0 N–H and O–H groups in total. The summed E-state index contributed by atoms with van der Waals surface area (Å²) in [6, 6.07) is 9.74. The average Bonchev–Trinajstić information content (AvgIpc) is 3.24. The average molecular weight is 452 g/mol. The van der Waals surface area contributed by atoms with Crippen LogP contribution in [0.2, 0.25) is 0 Å². The summed E-state index contributed by atoms with van der Waals surface area (Å²) < 4.78 is 60.6. The van der Waals surface area contributed by atoms with Gasteiger partial charge >= 0.3 is 0 Å². The highest BCUT2D eigenvalue weighted by Crippen LogP contribution is 2.36. The Morgan fingerprint density at radius 1 is 1.17 bits per heavy atom. The SMILES string of the molecule is COc1ccc(F)cc1S(=O)(=O)N1CCCC(c2nnc(-c3ccccc3F)s2)C1. The molecule has 0 radical (unpaired) electrons. The van der Waals surface area contributed by atoms with Gasteiger partial charge in [-0.25, -0.2) is 17.2 Å². The van der Waals surface area contributed by atoms with Crippen molar-refractivity contribution in [3.05, 3.63) is 59.1 Å². The maximum atomic E-state index is 14.0. The van der Waals surface area contributed by atoms with Crippen molar-refractivity contribution in [2.24, 2.45) is 0 Å². The maximum Gasteiger partial charge on any atom is 0.246 e. The molecule has 0 amide bonds. The van der Waals surface area contributed by atoms with E-state index in [1.807, 2.05) is 0 Å². The van der Waals surface area contributed by atoms with Gasteiger partial charge < -0.3 is 4.74 Å². The number of hydrogen-bond acceptors (Lipinski definition) is 6. The molecule has 1 aliphatic heterocycles. The Morgan fingerprint density at radius 2 is 1.97 bits per heavy atom. The van der Waals surface area contributed by atoms with Crippen molar-refractivity contribution in [3.8, 4) is 16.3 Å². The number of aromatic nitrogens is 2. The molecule has 1 saturated heterocycles. The van der Waals surface area contributed by atoms with E-state index < -0.39 is 15.8 Å². The van der Waals surface area contributed by atoms with E-state index in [1.54, 1.807) is 18.2 Å². The van der Waals surface area contributed by atoms with Crippen molar-refractivity contribution in [1.29, 1.82) is 0 Å². The zero-order chi connectivity index (χ0) is 21.3.